The highest BCUT2D eigenvalue weighted by atomic mass is 16.6. The topological polar surface area (TPSA) is 93.5 Å². The first-order valence-corrected chi connectivity index (χ1v) is 6.66. The third-order valence-corrected chi connectivity index (χ3v) is 2.46. The zero-order valence-corrected chi connectivity index (χ0v) is 12.7. The van der Waals surface area contributed by atoms with Crippen LogP contribution < -0.4 is 10.6 Å². The van der Waals surface area contributed by atoms with Gasteiger partial charge in [0.2, 0.25) is 0 Å². The smallest absolute Gasteiger partial charge is 0.407 e. The minimum atomic E-state index is -0.560. The monoisotopic (exact) mass is 295 g/mol. The van der Waals surface area contributed by atoms with E-state index in [0.29, 0.717) is 12.2 Å². The number of nitrogens with zero attached hydrogens (tertiary/aromatic N) is 1. The van der Waals surface area contributed by atoms with E-state index in [0.717, 1.165) is 0 Å². The molecule has 0 fully saturated rings. The van der Waals surface area contributed by atoms with Gasteiger partial charge in [0.05, 0.1) is 4.92 Å². The third-order valence-electron chi connectivity index (χ3n) is 2.46. The Morgan fingerprint density at radius 1 is 1.38 bits per heavy atom. The quantitative estimate of drug-likeness (QED) is 0.643. The van der Waals surface area contributed by atoms with Gasteiger partial charge in [-0.05, 0) is 33.8 Å². The largest absolute Gasteiger partial charge is 0.444 e. The molecule has 7 nitrogen and oxygen atoms in total. The predicted molar refractivity (Wildman–Crippen MR) is 80.4 cm³/mol. The summed E-state index contributed by atoms with van der Waals surface area (Å²) in [6.07, 6.45) is -0.514. The van der Waals surface area contributed by atoms with Crippen LogP contribution in [0.25, 0.3) is 0 Å². The van der Waals surface area contributed by atoms with Crippen LogP contribution in [0.15, 0.2) is 24.3 Å². The number of rotatable bonds is 5. The molecule has 0 saturated carbocycles. The number of hydrogen-bond acceptors (Lipinski definition) is 5. The fourth-order valence-corrected chi connectivity index (χ4v) is 1.61. The maximum absolute atomic E-state index is 11.6. The van der Waals surface area contributed by atoms with E-state index >= 15 is 0 Å². The van der Waals surface area contributed by atoms with Crippen LogP contribution in [0.3, 0.4) is 0 Å². The lowest BCUT2D eigenvalue weighted by Crippen LogP contribution is -2.40. The van der Waals surface area contributed by atoms with E-state index in [-0.39, 0.29) is 11.7 Å². The Morgan fingerprint density at radius 3 is 2.57 bits per heavy atom. The first kappa shape index (κ1) is 16.7. The number of ether oxygens (including phenoxy) is 1. The van der Waals surface area contributed by atoms with Crippen molar-refractivity contribution in [1.29, 1.82) is 0 Å². The van der Waals surface area contributed by atoms with Crippen molar-refractivity contribution in [3.05, 3.63) is 34.4 Å². The number of amides is 1. The van der Waals surface area contributed by atoms with E-state index in [1.807, 2.05) is 0 Å². The Balaban J connectivity index is 2.52. The van der Waals surface area contributed by atoms with E-state index in [4.69, 9.17) is 4.74 Å². The summed E-state index contributed by atoms with van der Waals surface area (Å²) in [7, 11) is 0. The Labute approximate surface area is 123 Å². The van der Waals surface area contributed by atoms with Gasteiger partial charge in [0.25, 0.3) is 5.69 Å². The fraction of sp³-hybridized carbons (Fsp3) is 0.500. The predicted octanol–water partition coefficient (Wildman–Crippen LogP) is 2.92. The fourth-order valence-electron chi connectivity index (χ4n) is 1.61. The van der Waals surface area contributed by atoms with Gasteiger partial charge >= 0.3 is 6.09 Å². The lowest BCUT2D eigenvalue weighted by Gasteiger charge is -2.22. The number of hydrogen-bond donors (Lipinski definition) is 2. The highest BCUT2D eigenvalue weighted by molar-refractivity contribution is 5.68. The van der Waals surface area contributed by atoms with Gasteiger partial charge in [0.1, 0.15) is 11.3 Å². The molecular weight excluding hydrogens is 274 g/mol. The number of nitro groups is 1. The number of carbonyl (C=O) groups is 1. The number of anilines is 1. The van der Waals surface area contributed by atoms with Gasteiger partial charge < -0.3 is 15.4 Å². The van der Waals surface area contributed by atoms with E-state index in [1.165, 1.54) is 6.07 Å². The summed E-state index contributed by atoms with van der Waals surface area (Å²) in [6.45, 7) is 7.48. The van der Waals surface area contributed by atoms with E-state index < -0.39 is 16.6 Å². The van der Waals surface area contributed by atoms with Crippen LogP contribution >= 0.6 is 0 Å². The minimum absolute atomic E-state index is 0.00182. The molecule has 0 aliphatic rings. The second-order valence-electron chi connectivity index (χ2n) is 5.70. The molecule has 21 heavy (non-hydrogen) atoms. The number of alkyl carbamates (subject to hydrolysis) is 1. The molecule has 2 N–H and O–H groups in total. The molecule has 0 aliphatic heterocycles. The highest BCUT2D eigenvalue weighted by Crippen LogP contribution is 2.22. The van der Waals surface area contributed by atoms with Crippen molar-refractivity contribution in [2.24, 2.45) is 0 Å². The van der Waals surface area contributed by atoms with Crippen molar-refractivity contribution in [1.82, 2.24) is 5.32 Å². The third kappa shape index (κ3) is 6.11. The van der Waals surface area contributed by atoms with Crippen molar-refractivity contribution in [3.63, 3.8) is 0 Å². The molecule has 7 heteroatoms. The minimum Gasteiger partial charge on any atom is -0.444 e. The average molecular weight is 295 g/mol. The van der Waals surface area contributed by atoms with Crippen LogP contribution in [0.1, 0.15) is 27.7 Å². The maximum Gasteiger partial charge on any atom is 0.407 e. The van der Waals surface area contributed by atoms with E-state index in [2.05, 4.69) is 10.6 Å². The van der Waals surface area contributed by atoms with Gasteiger partial charge in [-0.25, -0.2) is 4.79 Å². The molecule has 1 aromatic rings. The van der Waals surface area contributed by atoms with Gasteiger partial charge in [0.15, 0.2) is 0 Å². The zero-order chi connectivity index (χ0) is 16.0. The number of benzene rings is 1. The first-order valence-electron chi connectivity index (χ1n) is 6.66. The molecule has 1 aromatic carbocycles. The summed E-state index contributed by atoms with van der Waals surface area (Å²) >= 11 is 0. The Kier molecular flexibility index (Phi) is 5.52. The summed E-state index contributed by atoms with van der Waals surface area (Å²) in [5, 5.41) is 16.5. The maximum atomic E-state index is 11.6. The van der Waals surface area contributed by atoms with E-state index in [1.54, 1.807) is 45.9 Å². The molecule has 1 rings (SSSR count). The SMILES string of the molecule is C[C@H](CNc1ccccc1[N+](=O)[O-])NC(=O)OC(C)(C)C. The molecule has 1 amide bonds. The van der Waals surface area contributed by atoms with Gasteiger partial charge in [-0.3, -0.25) is 10.1 Å². The molecular formula is C14H21N3O4. The van der Waals surface area contributed by atoms with Crippen molar-refractivity contribution < 1.29 is 14.5 Å². The van der Waals surface area contributed by atoms with Crippen LogP contribution in [-0.2, 0) is 4.74 Å². The van der Waals surface area contributed by atoms with Crippen LogP contribution in [0.4, 0.5) is 16.2 Å². The summed E-state index contributed by atoms with van der Waals surface area (Å²) < 4.78 is 5.14. The summed E-state index contributed by atoms with van der Waals surface area (Å²) in [5.74, 6) is 0. The second-order valence-corrected chi connectivity index (χ2v) is 5.70. The zero-order valence-electron chi connectivity index (χ0n) is 12.7. The van der Waals surface area contributed by atoms with Crippen LogP contribution in [0.5, 0.6) is 0 Å². The molecule has 0 spiro atoms. The first-order chi connectivity index (χ1) is 9.69. The van der Waals surface area contributed by atoms with Crippen molar-refractivity contribution >= 4 is 17.5 Å². The Morgan fingerprint density at radius 2 is 2.00 bits per heavy atom. The van der Waals surface area contributed by atoms with Gasteiger partial charge in [-0.2, -0.15) is 0 Å². The standard InChI is InChI=1S/C14H21N3O4/c1-10(16-13(18)21-14(2,3)4)9-15-11-7-5-6-8-12(11)17(19)20/h5-8,10,15H,9H2,1-4H3,(H,16,18)/t10-/m1/s1. The molecule has 0 unspecified atom stereocenters. The lowest BCUT2D eigenvalue weighted by molar-refractivity contribution is -0.384. The molecule has 0 aliphatic carbocycles. The molecule has 0 bridgehead atoms. The molecule has 1 atom stereocenters. The summed E-state index contributed by atoms with van der Waals surface area (Å²) in [5.41, 5.74) is -0.141. The van der Waals surface area contributed by atoms with Crippen molar-refractivity contribution in [3.8, 4) is 0 Å². The van der Waals surface area contributed by atoms with Gasteiger partial charge in [-0.15, -0.1) is 0 Å². The average Bonchev–Trinajstić information content (AvgIpc) is 2.34. The Bertz CT molecular complexity index is 511. The van der Waals surface area contributed by atoms with Crippen molar-refractivity contribution in [2.75, 3.05) is 11.9 Å². The normalized spacial score (nSPS) is 12.4. The van der Waals surface area contributed by atoms with Gasteiger partial charge in [0, 0.05) is 18.7 Å². The molecule has 0 heterocycles. The summed E-state index contributed by atoms with van der Waals surface area (Å²) in [6, 6.07) is 6.12. The molecule has 0 aromatic heterocycles. The van der Waals surface area contributed by atoms with Crippen molar-refractivity contribution in [2.45, 2.75) is 39.3 Å². The number of para-hydroxylation sites is 2. The van der Waals surface area contributed by atoms with Crippen LogP contribution in [0.2, 0.25) is 0 Å². The lowest BCUT2D eigenvalue weighted by atomic mass is 10.2. The number of nitrogens with one attached hydrogen (secondary N) is 2. The number of nitro benzene ring substituents is 1. The van der Waals surface area contributed by atoms with Crippen LogP contribution in [0, 0.1) is 10.1 Å². The molecule has 116 valence electrons. The number of carbonyl (C=O) groups excluding carboxylic acids is 1. The van der Waals surface area contributed by atoms with E-state index in [9.17, 15) is 14.9 Å². The second kappa shape index (κ2) is 6.92. The summed E-state index contributed by atoms with van der Waals surface area (Å²) in [4.78, 5) is 22.0. The van der Waals surface area contributed by atoms with Gasteiger partial charge in [-0.1, -0.05) is 12.1 Å². The molecule has 0 saturated heterocycles. The Hall–Kier alpha value is -2.31. The highest BCUT2D eigenvalue weighted by Gasteiger charge is 2.18. The molecule has 0 radical (unpaired) electrons. The van der Waals surface area contributed by atoms with Crippen LogP contribution in [-0.4, -0.2) is 29.2 Å².